The fourth-order valence-corrected chi connectivity index (χ4v) is 11.9. The molecular formula is C46H60F3N6O9S+. The Balaban J connectivity index is 1.06. The smallest absolute Gasteiger partial charge is 0.437 e. The number of rotatable bonds is 9. The van der Waals surface area contributed by atoms with E-state index in [9.17, 15) is 27.6 Å². The average molecular weight is 930 g/mol. The number of hydrogen-bond acceptors (Lipinski definition) is 10. The summed E-state index contributed by atoms with van der Waals surface area (Å²) in [5, 5.41) is 8.30. The first-order valence-corrected chi connectivity index (χ1v) is 24.8. The normalized spacial score (nSPS) is 31.5. The zero-order valence-corrected chi connectivity index (χ0v) is 38.0. The van der Waals surface area contributed by atoms with Crippen molar-refractivity contribution in [1.29, 1.82) is 0 Å². The van der Waals surface area contributed by atoms with Gasteiger partial charge in [-0.2, -0.15) is 13.2 Å². The number of alkyl halides is 3. The van der Waals surface area contributed by atoms with Crippen LogP contribution < -0.4 is 30.1 Å². The molecule has 65 heavy (non-hydrogen) atoms. The van der Waals surface area contributed by atoms with Crippen LogP contribution in [0.25, 0.3) is 10.9 Å². The van der Waals surface area contributed by atoms with E-state index in [1.807, 2.05) is 26.0 Å². The summed E-state index contributed by atoms with van der Waals surface area (Å²) < 4.78 is 91.1. The van der Waals surface area contributed by atoms with Crippen LogP contribution in [0.3, 0.4) is 0 Å². The number of piperidine rings is 1. The second-order valence-electron chi connectivity index (χ2n) is 20.2. The molecule has 9 rings (SSSR count). The summed E-state index contributed by atoms with van der Waals surface area (Å²) in [6.07, 6.45) is 4.02. The van der Waals surface area contributed by atoms with Crippen molar-refractivity contribution < 1.29 is 60.3 Å². The Morgan fingerprint density at radius 2 is 1.85 bits per heavy atom. The number of quaternary nitrogens is 1. The minimum atomic E-state index is -4.93. The highest BCUT2D eigenvalue weighted by atomic mass is 32.2. The third kappa shape index (κ3) is 8.41. The van der Waals surface area contributed by atoms with Gasteiger partial charge in [0, 0.05) is 47.5 Å². The highest BCUT2D eigenvalue weighted by molar-refractivity contribution is 7.91. The quantitative estimate of drug-likeness (QED) is 0.262. The maximum absolute atomic E-state index is 15.0. The molecule has 6 atom stereocenters. The second kappa shape index (κ2) is 16.6. The van der Waals surface area contributed by atoms with Crippen LogP contribution in [0.15, 0.2) is 30.4 Å². The maximum Gasteiger partial charge on any atom is 0.437 e. The molecule has 0 radical (unpaired) electrons. The van der Waals surface area contributed by atoms with Crippen molar-refractivity contribution in [2.24, 2.45) is 23.2 Å². The van der Waals surface area contributed by atoms with Gasteiger partial charge in [-0.05, 0) is 82.4 Å². The van der Waals surface area contributed by atoms with Gasteiger partial charge >= 0.3 is 12.3 Å². The molecule has 19 heteroatoms. The van der Waals surface area contributed by atoms with Gasteiger partial charge in [-0.3, -0.25) is 19.1 Å². The van der Waals surface area contributed by atoms with Crippen molar-refractivity contribution in [3.63, 3.8) is 0 Å². The van der Waals surface area contributed by atoms with E-state index in [0.29, 0.717) is 68.6 Å². The third-order valence-electron chi connectivity index (χ3n) is 15.1. The number of pyridine rings is 1. The van der Waals surface area contributed by atoms with Crippen LogP contribution in [0.5, 0.6) is 11.5 Å². The number of alkyl carbamates (subject to hydrolysis) is 1. The minimum absolute atomic E-state index is 0.00611. The first-order chi connectivity index (χ1) is 30.8. The Morgan fingerprint density at radius 1 is 1.08 bits per heavy atom. The number of aromatic nitrogens is 1. The van der Waals surface area contributed by atoms with E-state index in [4.69, 9.17) is 14.2 Å². The Kier molecular flexibility index (Phi) is 11.6. The summed E-state index contributed by atoms with van der Waals surface area (Å²) in [5.41, 5.74) is -4.82. The molecule has 354 valence electrons. The van der Waals surface area contributed by atoms with Crippen LogP contribution in [0.4, 0.5) is 18.0 Å². The molecule has 0 bridgehead atoms. The van der Waals surface area contributed by atoms with Crippen molar-refractivity contribution in [3.05, 3.63) is 41.6 Å². The van der Waals surface area contributed by atoms with Crippen LogP contribution >= 0.6 is 0 Å². The van der Waals surface area contributed by atoms with Crippen LogP contribution in [-0.2, 0) is 41.7 Å². The third-order valence-corrected chi connectivity index (χ3v) is 17.2. The summed E-state index contributed by atoms with van der Waals surface area (Å²) in [4.78, 5) is 62.5. The Bertz CT molecular complexity index is 2410. The molecule has 2 saturated heterocycles. The fourth-order valence-electron chi connectivity index (χ4n) is 10.7. The predicted molar refractivity (Wildman–Crippen MR) is 230 cm³/mol. The van der Waals surface area contributed by atoms with Crippen LogP contribution in [0, 0.1) is 23.2 Å². The predicted octanol–water partition coefficient (Wildman–Crippen LogP) is 4.42. The molecule has 15 nitrogen and oxygen atoms in total. The molecule has 4 aliphatic heterocycles. The van der Waals surface area contributed by atoms with E-state index in [1.165, 1.54) is 11.0 Å². The number of carbonyl (C=O) groups is 4. The van der Waals surface area contributed by atoms with Gasteiger partial charge in [0.15, 0.2) is 11.4 Å². The number of aryl methyl sites for hydroxylation is 1. The molecule has 5 heterocycles. The zero-order valence-electron chi connectivity index (χ0n) is 37.2. The lowest BCUT2D eigenvalue weighted by atomic mass is 9.86. The van der Waals surface area contributed by atoms with Gasteiger partial charge in [0.25, 0.3) is 5.91 Å². The Labute approximate surface area is 376 Å². The minimum Gasteiger partial charge on any atom is -0.493 e. The number of hydrogen-bond donors (Lipinski definition) is 4. The topological polar surface area (TPSA) is 199 Å². The van der Waals surface area contributed by atoms with Gasteiger partial charge in [0.1, 0.15) is 29.0 Å². The second-order valence-corrected chi connectivity index (χ2v) is 22.4. The number of sulfonamides is 1. The average Bonchev–Trinajstić information content (AvgIpc) is 4.22. The van der Waals surface area contributed by atoms with E-state index in [1.54, 1.807) is 19.1 Å². The number of nitrogens with two attached hydrogens (primary N) is 1. The van der Waals surface area contributed by atoms with Gasteiger partial charge in [-0.15, -0.1) is 0 Å². The van der Waals surface area contributed by atoms with Gasteiger partial charge in [0.05, 0.1) is 43.1 Å². The van der Waals surface area contributed by atoms with Crippen LogP contribution in [0.2, 0.25) is 0 Å². The lowest BCUT2D eigenvalue weighted by molar-refractivity contribution is -0.664. The number of nitrogens with one attached hydrogen (secondary N) is 3. The summed E-state index contributed by atoms with van der Waals surface area (Å²) in [6, 6.07) is 2.28. The highest BCUT2D eigenvalue weighted by Crippen LogP contribution is 2.83. The molecule has 5 fully saturated rings. The molecule has 2 aromatic rings. The number of amides is 4. The van der Waals surface area contributed by atoms with Crippen molar-refractivity contribution in [1.82, 2.24) is 25.2 Å². The molecule has 3 aliphatic carbocycles. The van der Waals surface area contributed by atoms with E-state index in [2.05, 4.69) is 25.7 Å². The van der Waals surface area contributed by atoms with Gasteiger partial charge in [0.2, 0.25) is 21.8 Å². The summed E-state index contributed by atoms with van der Waals surface area (Å²) >= 11 is 0. The lowest BCUT2D eigenvalue weighted by Crippen LogP contribution is -2.86. The first-order valence-electron chi connectivity index (χ1n) is 23.3. The fraction of sp³-hybridized carbons (Fsp3) is 0.674. The molecule has 5 N–H and O–H groups in total. The van der Waals surface area contributed by atoms with E-state index < -0.39 is 90.8 Å². The van der Waals surface area contributed by atoms with Crippen molar-refractivity contribution in [2.45, 2.75) is 138 Å². The Hall–Kier alpha value is -4.65. The van der Waals surface area contributed by atoms with Gasteiger partial charge in [-0.1, -0.05) is 38.8 Å². The molecule has 7 aliphatic rings. The number of fused-ring (bicyclic) bond motifs is 5. The van der Waals surface area contributed by atoms with E-state index in [-0.39, 0.29) is 55.8 Å². The number of ether oxygens (including phenoxy) is 3. The molecular weight excluding hydrogens is 870 g/mol. The van der Waals surface area contributed by atoms with Crippen molar-refractivity contribution in [3.8, 4) is 11.5 Å². The van der Waals surface area contributed by atoms with Crippen molar-refractivity contribution >= 4 is 44.7 Å². The van der Waals surface area contributed by atoms with E-state index >= 15 is 13.2 Å². The summed E-state index contributed by atoms with van der Waals surface area (Å²) in [6.45, 7) is 7.54. The molecule has 4 amide bonds. The SMILES string of the molecule is CC(C)COC(=O)N[C@H]1CCCCC/C=C\[C@]23CC2[C@@]3(C(=O)NS(=O)(=O)C2(C)CC2)NC(=O)[C@@H]2C[C@]3(CCc4c(c(C(F)(F)F)nc5ccc(OCC6CC[NH2+]CC6)cc45)O3)CN2C1=O. The monoisotopic (exact) mass is 929 g/mol. The van der Waals surface area contributed by atoms with Gasteiger partial charge in [-0.25, -0.2) is 18.2 Å². The number of benzene rings is 1. The van der Waals surface area contributed by atoms with Crippen LogP contribution in [0.1, 0.15) is 109 Å². The highest BCUT2D eigenvalue weighted by Gasteiger charge is 2.92. The first kappa shape index (κ1) is 45.5. The van der Waals surface area contributed by atoms with Crippen LogP contribution in [-0.4, -0.2) is 103 Å². The largest absolute Gasteiger partial charge is 0.493 e. The molecule has 1 aromatic carbocycles. The van der Waals surface area contributed by atoms with Crippen molar-refractivity contribution in [2.75, 3.05) is 32.8 Å². The lowest BCUT2D eigenvalue weighted by Gasteiger charge is -2.37. The van der Waals surface area contributed by atoms with E-state index in [0.717, 1.165) is 25.9 Å². The zero-order chi connectivity index (χ0) is 46.2. The summed E-state index contributed by atoms with van der Waals surface area (Å²) in [7, 11) is -4.10. The number of carbonyl (C=O) groups excluding carboxylic acids is 4. The number of allylic oxidation sites excluding steroid dienone is 1. The molecule has 2 spiro atoms. The standard InChI is InChI=1S/C46H59F3N6O9S/c1-27(2)24-63-41(59)52-33-9-7-5-4-6-8-15-44-23-35(44)45(44,40(58)54-65(60,61)42(3)17-18-42)53-38(56)34-22-43(26-55(34)39(33)57)16-12-30-31-21-29(62-25-28-13-19-50-20-14-28)10-11-32(31)51-37(36(30)64-43)46(47,48)49/h8,10-11,15,21,27-28,33-35,50H,4-7,9,12-14,16-20,22-26H2,1-3H3,(H,52,59)(H,53,56)(H,54,58)/p+1/b15-8-/t33-,34-,35?,43+,44-,45-/m0/s1. The Morgan fingerprint density at radius 3 is 2.55 bits per heavy atom. The van der Waals surface area contributed by atoms with Gasteiger partial charge < -0.3 is 35.1 Å². The maximum atomic E-state index is 15.0. The number of halogens is 3. The summed E-state index contributed by atoms with van der Waals surface area (Å²) in [5.74, 6) is -2.32. The molecule has 1 unspecified atom stereocenters. The molecule has 1 aromatic heterocycles. The number of nitrogens with zero attached hydrogens (tertiary/aromatic N) is 2. The molecule has 3 saturated carbocycles.